The van der Waals surface area contributed by atoms with Crippen molar-refractivity contribution in [2.75, 3.05) is 13.1 Å². The third-order valence-corrected chi connectivity index (χ3v) is 5.03. The number of amides is 1. The van der Waals surface area contributed by atoms with E-state index in [1.165, 1.54) is 18.2 Å². The van der Waals surface area contributed by atoms with Crippen molar-refractivity contribution < 1.29 is 18.3 Å². The number of halogens is 4. The van der Waals surface area contributed by atoms with E-state index in [4.69, 9.17) is 11.6 Å². The van der Waals surface area contributed by atoms with Gasteiger partial charge >= 0.3 is 6.61 Å². The molecule has 2 N–H and O–H groups in total. The van der Waals surface area contributed by atoms with E-state index < -0.39 is 6.61 Å². The van der Waals surface area contributed by atoms with Crippen LogP contribution in [0.3, 0.4) is 0 Å². The summed E-state index contributed by atoms with van der Waals surface area (Å²) < 4.78 is 29.3. The van der Waals surface area contributed by atoms with Gasteiger partial charge in [0.1, 0.15) is 5.75 Å². The average molecular weight is 381 g/mol. The van der Waals surface area contributed by atoms with Crippen molar-refractivity contribution in [2.24, 2.45) is 11.3 Å². The molecule has 1 aliphatic carbocycles. The molecule has 3 rings (SSSR count). The topological polar surface area (TPSA) is 50.4 Å². The van der Waals surface area contributed by atoms with Crippen molar-refractivity contribution in [3.05, 3.63) is 28.8 Å². The highest BCUT2D eigenvalue weighted by Gasteiger charge is 2.57. The van der Waals surface area contributed by atoms with Crippen LogP contribution in [0.1, 0.15) is 24.8 Å². The molecular formula is C16H20Cl2F2N2O2. The lowest BCUT2D eigenvalue weighted by atomic mass is 9.92. The summed E-state index contributed by atoms with van der Waals surface area (Å²) in [5.74, 6) is 0.0511. The number of nitrogens with one attached hydrogen (secondary N) is 2. The van der Waals surface area contributed by atoms with Gasteiger partial charge in [0.25, 0.3) is 0 Å². The van der Waals surface area contributed by atoms with Crippen LogP contribution >= 0.6 is 24.0 Å². The Morgan fingerprint density at radius 1 is 1.42 bits per heavy atom. The van der Waals surface area contributed by atoms with Crippen molar-refractivity contribution in [1.82, 2.24) is 10.6 Å². The molecule has 1 aromatic rings. The van der Waals surface area contributed by atoms with Crippen molar-refractivity contribution in [1.29, 1.82) is 0 Å². The van der Waals surface area contributed by atoms with Gasteiger partial charge in [-0.2, -0.15) is 8.78 Å². The van der Waals surface area contributed by atoms with Crippen LogP contribution in [0.15, 0.2) is 18.2 Å². The van der Waals surface area contributed by atoms with E-state index in [1.807, 2.05) is 0 Å². The number of hydrogen-bond acceptors (Lipinski definition) is 3. The molecule has 0 radical (unpaired) electrons. The van der Waals surface area contributed by atoms with Crippen molar-refractivity contribution in [3.8, 4) is 5.75 Å². The molecule has 2 fully saturated rings. The standard InChI is InChI=1S/C16H19ClF2N2O2.ClH/c17-11-1-2-13(23-15(18)19)10(7-11)9-21-14(22)12-8-16(12)3-5-20-6-4-16;/h1-2,7,12,15,20H,3-6,8-9H2,(H,21,22);1H. The van der Waals surface area contributed by atoms with E-state index in [9.17, 15) is 13.6 Å². The largest absolute Gasteiger partial charge is 0.434 e. The van der Waals surface area contributed by atoms with Crippen LogP contribution in [0.25, 0.3) is 0 Å². The summed E-state index contributed by atoms with van der Waals surface area (Å²) in [7, 11) is 0. The molecule has 1 aromatic carbocycles. The highest BCUT2D eigenvalue weighted by molar-refractivity contribution is 6.30. The van der Waals surface area contributed by atoms with Gasteiger partial charge in [-0.3, -0.25) is 4.79 Å². The fourth-order valence-electron chi connectivity index (χ4n) is 3.40. The van der Waals surface area contributed by atoms with E-state index in [0.29, 0.717) is 10.6 Å². The summed E-state index contributed by atoms with van der Waals surface area (Å²) >= 11 is 5.90. The van der Waals surface area contributed by atoms with Gasteiger partial charge in [-0.1, -0.05) is 11.6 Å². The molecule has 2 aliphatic rings. The van der Waals surface area contributed by atoms with Gasteiger partial charge < -0.3 is 15.4 Å². The summed E-state index contributed by atoms with van der Waals surface area (Å²) in [6, 6.07) is 4.41. The Hall–Kier alpha value is -1.11. The van der Waals surface area contributed by atoms with Gasteiger partial charge in [-0.05, 0) is 56.0 Å². The zero-order valence-electron chi connectivity index (χ0n) is 13.0. The van der Waals surface area contributed by atoms with Gasteiger partial charge in [-0.15, -0.1) is 12.4 Å². The first-order valence-electron chi connectivity index (χ1n) is 7.72. The molecule has 1 saturated carbocycles. The van der Waals surface area contributed by atoms with Gasteiger partial charge in [0.2, 0.25) is 5.91 Å². The third-order valence-electron chi connectivity index (χ3n) is 4.80. The number of benzene rings is 1. The lowest BCUT2D eigenvalue weighted by molar-refractivity contribution is -0.123. The van der Waals surface area contributed by atoms with Crippen LogP contribution in [0.5, 0.6) is 5.75 Å². The molecule has 1 saturated heterocycles. The zero-order valence-corrected chi connectivity index (χ0v) is 14.6. The Kier molecular flexibility index (Phi) is 6.28. The fraction of sp³-hybridized carbons (Fsp3) is 0.562. The molecule has 1 atom stereocenters. The molecular weight excluding hydrogens is 361 g/mol. The predicted octanol–water partition coefficient (Wildman–Crippen LogP) is 3.37. The predicted molar refractivity (Wildman–Crippen MR) is 89.8 cm³/mol. The van der Waals surface area contributed by atoms with Crippen LogP contribution in [0, 0.1) is 11.3 Å². The van der Waals surface area contributed by atoms with Crippen LogP contribution in [0.2, 0.25) is 5.02 Å². The molecule has 1 amide bonds. The fourth-order valence-corrected chi connectivity index (χ4v) is 3.59. The number of carbonyl (C=O) groups excluding carboxylic acids is 1. The summed E-state index contributed by atoms with van der Waals surface area (Å²) in [4.78, 5) is 12.3. The summed E-state index contributed by atoms with van der Waals surface area (Å²) in [6.45, 7) is -0.881. The van der Waals surface area contributed by atoms with Crippen molar-refractivity contribution in [2.45, 2.75) is 32.4 Å². The first-order chi connectivity index (χ1) is 11.0. The quantitative estimate of drug-likeness (QED) is 0.823. The van der Waals surface area contributed by atoms with Crippen molar-refractivity contribution in [3.63, 3.8) is 0 Å². The number of rotatable bonds is 5. The molecule has 134 valence electrons. The summed E-state index contributed by atoms with van der Waals surface area (Å²) in [6.07, 6.45) is 2.94. The van der Waals surface area contributed by atoms with Crippen LogP contribution in [-0.4, -0.2) is 25.6 Å². The Morgan fingerprint density at radius 3 is 2.79 bits per heavy atom. The number of piperidine rings is 1. The van der Waals surface area contributed by atoms with Crippen LogP contribution in [-0.2, 0) is 11.3 Å². The number of carbonyl (C=O) groups is 1. The molecule has 8 heteroatoms. The Labute approximate surface area is 150 Å². The first kappa shape index (κ1) is 19.2. The maximum absolute atomic E-state index is 12.4. The average Bonchev–Trinajstić information content (AvgIpc) is 3.20. The Bertz CT molecular complexity index is 595. The lowest BCUT2D eigenvalue weighted by Gasteiger charge is -2.23. The first-order valence-corrected chi connectivity index (χ1v) is 8.10. The van der Waals surface area contributed by atoms with Crippen LogP contribution < -0.4 is 15.4 Å². The second-order valence-corrected chi connectivity index (χ2v) is 6.65. The van der Waals surface area contributed by atoms with Gasteiger partial charge in [0.05, 0.1) is 0 Å². The van der Waals surface area contributed by atoms with Gasteiger partial charge in [0.15, 0.2) is 0 Å². The number of hydrogen-bond donors (Lipinski definition) is 2. The van der Waals surface area contributed by atoms with E-state index in [2.05, 4.69) is 15.4 Å². The van der Waals surface area contributed by atoms with E-state index in [-0.39, 0.29) is 41.9 Å². The minimum absolute atomic E-state index is 0. The highest BCUT2D eigenvalue weighted by atomic mass is 35.5. The Balaban J connectivity index is 0.00000208. The monoisotopic (exact) mass is 380 g/mol. The summed E-state index contributed by atoms with van der Waals surface area (Å²) in [5.41, 5.74) is 0.595. The molecule has 24 heavy (non-hydrogen) atoms. The van der Waals surface area contributed by atoms with E-state index >= 15 is 0 Å². The SMILES string of the molecule is Cl.O=C(NCc1cc(Cl)ccc1OC(F)F)C1CC12CCNCC2. The maximum Gasteiger partial charge on any atom is 0.387 e. The molecule has 0 aromatic heterocycles. The van der Waals surface area contributed by atoms with E-state index in [0.717, 1.165) is 32.4 Å². The second kappa shape index (κ2) is 7.85. The minimum Gasteiger partial charge on any atom is -0.434 e. The number of ether oxygens (including phenoxy) is 1. The molecule has 1 aliphatic heterocycles. The molecule has 1 heterocycles. The van der Waals surface area contributed by atoms with Crippen LogP contribution in [0.4, 0.5) is 8.78 Å². The molecule has 4 nitrogen and oxygen atoms in total. The molecule has 1 unspecified atom stereocenters. The molecule has 0 bridgehead atoms. The minimum atomic E-state index is -2.91. The second-order valence-electron chi connectivity index (χ2n) is 6.22. The summed E-state index contributed by atoms with van der Waals surface area (Å²) in [5, 5.41) is 6.54. The zero-order chi connectivity index (χ0) is 16.4. The smallest absolute Gasteiger partial charge is 0.387 e. The van der Waals surface area contributed by atoms with Gasteiger partial charge in [-0.25, -0.2) is 0 Å². The van der Waals surface area contributed by atoms with Crippen molar-refractivity contribution >= 4 is 29.9 Å². The maximum atomic E-state index is 12.4. The van der Waals surface area contributed by atoms with E-state index in [1.54, 1.807) is 0 Å². The Morgan fingerprint density at radius 2 is 2.12 bits per heavy atom. The highest BCUT2D eigenvalue weighted by Crippen LogP contribution is 2.58. The normalized spacial score (nSPS) is 21.2. The number of alkyl halides is 2. The molecule has 1 spiro atoms. The lowest BCUT2D eigenvalue weighted by Crippen LogP contribution is -2.33. The van der Waals surface area contributed by atoms with Gasteiger partial charge in [0, 0.05) is 23.0 Å². The third kappa shape index (κ3) is 4.29.